The molecule has 0 heterocycles. The van der Waals surface area contributed by atoms with Crippen molar-refractivity contribution in [3.63, 3.8) is 0 Å². The van der Waals surface area contributed by atoms with E-state index < -0.39 is 21.9 Å². The number of carbonyl (C=O) groups excluding carboxylic acids is 2. The number of hydrogen-bond acceptors (Lipinski definition) is 5. The first-order chi connectivity index (χ1) is 11.6. The third-order valence-corrected chi connectivity index (χ3v) is 4.96. The first kappa shape index (κ1) is 18.9. The van der Waals surface area contributed by atoms with Gasteiger partial charge >= 0.3 is 5.97 Å². The summed E-state index contributed by atoms with van der Waals surface area (Å²) in [5.41, 5.74) is 2.18. The molecule has 5 nitrogen and oxygen atoms in total. The molecule has 6 heteroatoms. The summed E-state index contributed by atoms with van der Waals surface area (Å²) in [6.45, 7) is 5.08. The van der Waals surface area contributed by atoms with E-state index in [0.29, 0.717) is 11.1 Å². The molecule has 0 aliphatic heterocycles. The van der Waals surface area contributed by atoms with Crippen LogP contribution in [0.4, 0.5) is 0 Å². The molecule has 2 aromatic rings. The van der Waals surface area contributed by atoms with Gasteiger partial charge in [0.2, 0.25) is 5.78 Å². The van der Waals surface area contributed by atoms with Gasteiger partial charge < -0.3 is 4.74 Å². The Hall–Kier alpha value is -2.47. The number of rotatable bonds is 5. The average Bonchev–Trinajstić information content (AvgIpc) is 2.54. The molecule has 1 atom stereocenters. The van der Waals surface area contributed by atoms with Crippen molar-refractivity contribution in [2.24, 2.45) is 0 Å². The van der Waals surface area contributed by atoms with E-state index in [9.17, 15) is 18.0 Å². The van der Waals surface area contributed by atoms with Gasteiger partial charge in [0, 0.05) is 11.8 Å². The SMILES string of the molecule is Cc1ccc(C(=O)[C@@H](C)OC(=O)c2cc(S(C)(=O)=O)ccc2C)cc1. The molecule has 0 bridgehead atoms. The Kier molecular flexibility index (Phi) is 5.42. The van der Waals surface area contributed by atoms with Gasteiger partial charge in [-0.25, -0.2) is 13.2 Å². The Labute approximate surface area is 147 Å². The Morgan fingerprint density at radius 3 is 2.16 bits per heavy atom. The van der Waals surface area contributed by atoms with E-state index in [0.717, 1.165) is 11.8 Å². The third kappa shape index (κ3) is 4.54. The molecule has 0 aliphatic carbocycles. The van der Waals surface area contributed by atoms with Gasteiger partial charge in [-0.3, -0.25) is 4.79 Å². The summed E-state index contributed by atoms with van der Waals surface area (Å²) in [6.07, 6.45) is 0.0903. The predicted octanol–water partition coefficient (Wildman–Crippen LogP) is 3.14. The van der Waals surface area contributed by atoms with E-state index >= 15 is 0 Å². The number of hydrogen-bond donors (Lipinski definition) is 0. The minimum absolute atomic E-state index is 0.0302. The highest BCUT2D eigenvalue weighted by Crippen LogP contribution is 2.18. The van der Waals surface area contributed by atoms with Crippen LogP contribution in [0.2, 0.25) is 0 Å². The highest BCUT2D eigenvalue weighted by Gasteiger charge is 2.22. The van der Waals surface area contributed by atoms with Gasteiger partial charge in [-0.05, 0) is 38.5 Å². The molecule has 0 spiro atoms. The molecule has 0 saturated heterocycles. The van der Waals surface area contributed by atoms with Gasteiger partial charge in [0.15, 0.2) is 15.9 Å². The molecular weight excluding hydrogens is 340 g/mol. The van der Waals surface area contributed by atoms with Crippen LogP contribution in [0, 0.1) is 13.8 Å². The van der Waals surface area contributed by atoms with Crippen LogP contribution in [0.3, 0.4) is 0 Å². The molecule has 0 N–H and O–H groups in total. The summed E-state index contributed by atoms with van der Waals surface area (Å²) >= 11 is 0. The predicted molar refractivity (Wildman–Crippen MR) is 94.7 cm³/mol. The van der Waals surface area contributed by atoms with Crippen molar-refractivity contribution < 1.29 is 22.7 Å². The number of benzene rings is 2. The second-order valence-corrected chi connectivity index (χ2v) is 8.04. The molecule has 0 radical (unpaired) electrons. The van der Waals surface area contributed by atoms with Gasteiger partial charge in [-0.1, -0.05) is 35.9 Å². The fourth-order valence-electron chi connectivity index (χ4n) is 2.28. The largest absolute Gasteiger partial charge is 0.451 e. The number of Topliss-reactive ketones (excluding diaryl/α,β-unsaturated/α-hetero) is 1. The first-order valence-corrected chi connectivity index (χ1v) is 9.61. The third-order valence-electron chi connectivity index (χ3n) is 3.85. The quantitative estimate of drug-likeness (QED) is 0.605. The van der Waals surface area contributed by atoms with Crippen LogP contribution in [0.25, 0.3) is 0 Å². The Balaban J connectivity index is 2.21. The van der Waals surface area contributed by atoms with E-state index in [4.69, 9.17) is 4.74 Å². The average molecular weight is 360 g/mol. The van der Waals surface area contributed by atoms with Crippen LogP contribution in [-0.2, 0) is 14.6 Å². The van der Waals surface area contributed by atoms with E-state index in [1.807, 2.05) is 19.1 Å². The first-order valence-electron chi connectivity index (χ1n) is 7.72. The van der Waals surface area contributed by atoms with Crippen LogP contribution in [0.15, 0.2) is 47.4 Å². The summed E-state index contributed by atoms with van der Waals surface area (Å²) in [7, 11) is -3.44. The number of ketones is 1. The monoisotopic (exact) mass is 360 g/mol. The Bertz CT molecular complexity index is 911. The van der Waals surface area contributed by atoms with Crippen molar-refractivity contribution in [1.29, 1.82) is 0 Å². The number of sulfone groups is 1. The van der Waals surface area contributed by atoms with Crippen LogP contribution in [-0.4, -0.2) is 32.5 Å². The maximum absolute atomic E-state index is 12.4. The van der Waals surface area contributed by atoms with Crippen molar-refractivity contribution in [3.8, 4) is 0 Å². The van der Waals surface area contributed by atoms with Gasteiger partial charge in [-0.2, -0.15) is 0 Å². The maximum atomic E-state index is 12.4. The highest BCUT2D eigenvalue weighted by molar-refractivity contribution is 7.90. The van der Waals surface area contributed by atoms with Gasteiger partial charge in [0.25, 0.3) is 0 Å². The molecule has 0 amide bonds. The Morgan fingerprint density at radius 2 is 1.60 bits per heavy atom. The fourth-order valence-corrected chi connectivity index (χ4v) is 2.93. The number of aryl methyl sites for hydroxylation is 2. The van der Waals surface area contributed by atoms with E-state index in [-0.39, 0.29) is 16.2 Å². The lowest BCUT2D eigenvalue weighted by Crippen LogP contribution is -2.25. The van der Waals surface area contributed by atoms with Crippen molar-refractivity contribution in [3.05, 3.63) is 64.7 Å². The second-order valence-electron chi connectivity index (χ2n) is 6.03. The topological polar surface area (TPSA) is 77.5 Å². The van der Waals surface area contributed by atoms with Crippen LogP contribution in [0.5, 0.6) is 0 Å². The van der Waals surface area contributed by atoms with Crippen molar-refractivity contribution >= 4 is 21.6 Å². The standard InChI is InChI=1S/C19H20O5S/c1-12-5-8-15(9-6-12)18(20)14(3)24-19(21)17-11-16(25(4,22)23)10-7-13(17)2/h5-11,14H,1-4H3/t14-/m1/s1. The summed E-state index contributed by atoms with van der Waals surface area (Å²) in [4.78, 5) is 24.8. The summed E-state index contributed by atoms with van der Waals surface area (Å²) in [5, 5.41) is 0. The molecule has 0 saturated carbocycles. The van der Waals surface area contributed by atoms with E-state index in [1.54, 1.807) is 25.1 Å². The molecule has 0 aliphatic rings. The lowest BCUT2D eigenvalue weighted by Gasteiger charge is -2.14. The van der Waals surface area contributed by atoms with Crippen LogP contribution < -0.4 is 0 Å². The summed E-state index contributed by atoms with van der Waals surface area (Å²) in [6, 6.07) is 11.2. The molecule has 0 unspecified atom stereocenters. The van der Waals surface area contributed by atoms with Crippen LogP contribution in [0.1, 0.15) is 38.8 Å². The highest BCUT2D eigenvalue weighted by atomic mass is 32.2. The second kappa shape index (κ2) is 7.19. The minimum atomic E-state index is -3.44. The van der Waals surface area contributed by atoms with Gasteiger partial charge in [-0.15, -0.1) is 0 Å². The lowest BCUT2D eigenvalue weighted by molar-refractivity contribution is 0.0318. The molecular formula is C19H20O5S. The van der Waals surface area contributed by atoms with E-state index in [2.05, 4.69) is 0 Å². The normalized spacial score (nSPS) is 12.5. The molecule has 25 heavy (non-hydrogen) atoms. The molecule has 0 fully saturated rings. The Morgan fingerprint density at radius 1 is 1.00 bits per heavy atom. The molecule has 2 aromatic carbocycles. The fraction of sp³-hybridized carbons (Fsp3) is 0.263. The van der Waals surface area contributed by atoms with Crippen molar-refractivity contribution in [2.45, 2.75) is 31.8 Å². The van der Waals surface area contributed by atoms with Gasteiger partial charge in [0.05, 0.1) is 10.5 Å². The zero-order chi connectivity index (χ0) is 18.8. The summed E-state index contributed by atoms with van der Waals surface area (Å²) in [5.74, 6) is -1.04. The number of carbonyl (C=O) groups is 2. The van der Waals surface area contributed by atoms with Crippen LogP contribution >= 0.6 is 0 Å². The van der Waals surface area contributed by atoms with Crippen molar-refractivity contribution in [1.82, 2.24) is 0 Å². The maximum Gasteiger partial charge on any atom is 0.339 e. The van der Waals surface area contributed by atoms with Crippen molar-refractivity contribution in [2.75, 3.05) is 6.26 Å². The zero-order valence-electron chi connectivity index (χ0n) is 14.6. The van der Waals surface area contributed by atoms with E-state index in [1.165, 1.54) is 19.1 Å². The molecule has 2 rings (SSSR count). The zero-order valence-corrected chi connectivity index (χ0v) is 15.4. The minimum Gasteiger partial charge on any atom is -0.451 e. The smallest absolute Gasteiger partial charge is 0.339 e. The number of esters is 1. The lowest BCUT2D eigenvalue weighted by atomic mass is 10.1. The van der Waals surface area contributed by atoms with Gasteiger partial charge in [0.1, 0.15) is 0 Å². The molecule has 132 valence electrons. The summed E-state index contributed by atoms with van der Waals surface area (Å²) < 4.78 is 28.6. The molecule has 0 aromatic heterocycles. The number of ether oxygens (including phenoxy) is 1.